The molecular weight excluding hydrogens is 436 g/mol. The van der Waals surface area contributed by atoms with Crippen molar-refractivity contribution in [3.8, 4) is 0 Å². The monoisotopic (exact) mass is 459 g/mol. The van der Waals surface area contributed by atoms with Gasteiger partial charge >= 0.3 is 5.56 Å². The summed E-state index contributed by atoms with van der Waals surface area (Å²) in [6, 6.07) is 25.9. The van der Waals surface area contributed by atoms with E-state index in [9.17, 15) is 4.79 Å². The molecule has 7 heteroatoms. The molecule has 35 heavy (non-hydrogen) atoms. The van der Waals surface area contributed by atoms with Crippen LogP contribution in [-0.2, 0) is 13.0 Å². The standard InChI is InChI=1S/C28H22N6O/c1-19-8-7-11-21(16-19)17-30-34-26-24(25-27(34)32-23-13-6-5-12-22(23)31-25)28(35)33(18-29-26)15-14-20-9-3-2-4-10-20/h2-13,16-18H,14-15H2,1H3/p+1/b30-17+. The number of para-hydroxylation sites is 2. The molecular formula is C28H23N6O+. The number of hydrogen-bond donors (Lipinski definition) is 0. The summed E-state index contributed by atoms with van der Waals surface area (Å²) in [5, 5.41) is 5.20. The molecule has 0 aliphatic rings. The van der Waals surface area contributed by atoms with E-state index >= 15 is 0 Å². The molecule has 0 bridgehead atoms. The van der Waals surface area contributed by atoms with E-state index in [4.69, 9.17) is 15.1 Å². The van der Waals surface area contributed by atoms with Crippen LogP contribution in [0.5, 0.6) is 0 Å². The van der Waals surface area contributed by atoms with Gasteiger partial charge in [-0.3, -0.25) is 0 Å². The second kappa shape index (κ2) is 8.61. The molecule has 0 radical (unpaired) electrons. The summed E-state index contributed by atoms with van der Waals surface area (Å²) < 4.78 is 3.37. The van der Waals surface area contributed by atoms with Gasteiger partial charge in [-0.15, -0.1) is 9.78 Å². The van der Waals surface area contributed by atoms with Crippen LogP contribution in [0.1, 0.15) is 16.7 Å². The molecule has 0 fully saturated rings. The molecule has 0 unspecified atom stereocenters. The maximum absolute atomic E-state index is 13.6. The van der Waals surface area contributed by atoms with E-state index in [0.29, 0.717) is 28.7 Å². The lowest BCUT2D eigenvalue weighted by atomic mass is 10.1. The first-order valence-corrected chi connectivity index (χ1v) is 11.5. The van der Waals surface area contributed by atoms with Gasteiger partial charge in [-0.05, 0) is 30.2 Å². The molecule has 3 aromatic carbocycles. The van der Waals surface area contributed by atoms with Gasteiger partial charge in [0.15, 0.2) is 11.7 Å². The van der Waals surface area contributed by atoms with E-state index in [0.717, 1.165) is 28.6 Å². The highest BCUT2D eigenvalue weighted by atomic mass is 16.1. The van der Waals surface area contributed by atoms with Crippen molar-refractivity contribution in [2.24, 2.45) is 5.10 Å². The summed E-state index contributed by atoms with van der Waals surface area (Å²) in [6.45, 7) is 2.59. The molecule has 7 nitrogen and oxygen atoms in total. The number of aromatic nitrogens is 5. The van der Waals surface area contributed by atoms with E-state index in [1.165, 1.54) is 5.56 Å². The first kappa shape index (κ1) is 20.9. The van der Waals surface area contributed by atoms with E-state index in [2.05, 4.69) is 23.2 Å². The number of benzene rings is 3. The average Bonchev–Trinajstić information content (AvgIpc) is 3.19. The first-order valence-electron chi connectivity index (χ1n) is 11.5. The van der Waals surface area contributed by atoms with Gasteiger partial charge in [0, 0.05) is 6.42 Å². The number of nitrogens with zero attached hydrogens (tertiary/aromatic N) is 5. The van der Waals surface area contributed by atoms with Crippen LogP contribution < -0.4 is 10.5 Å². The fraction of sp³-hybridized carbons (Fsp3) is 0.107. The molecule has 170 valence electrons. The van der Waals surface area contributed by atoms with Crippen LogP contribution in [0.4, 0.5) is 0 Å². The van der Waals surface area contributed by atoms with Crippen LogP contribution in [0.3, 0.4) is 0 Å². The fourth-order valence-corrected chi connectivity index (χ4v) is 4.35. The van der Waals surface area contributed by atoms with Gasteiger partial charge in [-0.1, -0.05) is 72.3 Å². The zero-order valence-corrected chi connectivity index (χ0v) is 19.2. The summed E-state index contributed by atoms with van der Waals surface area (Å²) >= 11 is 0. The summed E-state index contributed by atoms with van der Waals surface area (Å²) in [7, 11) is 0. The van der Waals surface area contributed by atoms with Crippen molar-refractivity contribution in [1.29, 1.82) is 0 Å². The Balaban J connectivity index is 1.54. The van der Waals surface area contributed by atoms with Crippen molar-refractivity contribution < 1.29 is 4.98 Å². The van der Waals surface area contributed by atoms with Crippen molar-refractivity contribution >= 4 is 39.4 Å². The molecule has 3 aromatic heterocycles. The largest absolute Gasteiger partial charge is 0.322 e. The van der Waals surface area contributed by atoms with Gasteiger partial charge in [0.05, 0.1) is 23.8 Å². The first-order chi connectivity index (χ1) is 17.2. The molecule has 0 aliphatic carbocycles. The molecule has 0 saturated carbocycles. The number of rotatable bonds is 5. The predicted molar refractivity (Wildman–Crippen MR) is 138 cm³/mol. The Bertz CT molecular complexity index is 1780. The van der Waals surface area contributed by atoms with E-state index in [1.54, 1.807) is 21.8 Å². The van der Waals surface area contributed by atoms with Gasteiger partial charge in [0.1, 0.15) is 5.52 Å². The summed E-state index contributed by atoms with van der Waals surface area (Å²) in [4.78, 5) is 26.6. The van der Waals surface area contributed by atoms with Gasteiger partial charge < -0.3 is 0 Å². The van der Waals surface area contributed by atoms with Crippen molar-refractivity contribution in [2.75, 3.05) is 0 Å². The normalized spacial score (nSPS) is 11.8. The lowest BCUT2D eigenvalue weighted by molar-refractivity contribution is -0.357. The topological polar surface area (TPSA) is 79.2 Å². The van der Waals surface area contributed by atoms with Crippen LogP contribution in [0.25, 0.3) is 33.2 Å². The Morgan fingerprint density at radius 2 is 1.71 bits per heavy atom. The van der Waals surface area contributed by atoms with Crippen LogP contribution in [-0.4, -0.2) is 25.4 Å². The number of H-pyrrole nitrogens is 1. The minimum absolute atomic E-state index is 0.117. The maximum atomic E-state index is 13.6. The lowest BCUT2D eigenvalue weighted by Crippen LogP contribution is -2.27. The molecule has 0 aliphatic heterocycles. The molecule has 0 saturated heterocycles. The lowest BCUT2D eigenvalue weighted by Gasteiger charge is -2.02. The van der Waals surface area contributed by atoms with Crippen molar-refractivity contribution in [3.63, 3.8) is 0 Å². The van der Waals surface area contributed by atoms with E-state index < -0.39 is 0 Å². The van der Waals surface area contributed by atoms with Gasteiger partial charge in [0.2, 0.25) is 5.65 Å². The zero-order chi connectivity index (χ0) is 23.8. The number of fused-ring (bicyclic) bond motifs is 4. The van der Waals surface area contributed by atoms with Crippen LogP contribution in [0.2, 0.25) is 0 Å². The Labute approximate surface area is 201 Å². The van der Waals surface area contributed by atoms with Crippen LogP contribution in [0, 0.1) is 6.92 Å². The summed E-state index contributed by atoms with van der Waals surface area (Å²) in [5.74, 6) is 0. The minimum atomic E-state index is -0.117. The highest BCUT2D eigenvalue weighted by molar-refractivity contribution is 6.03. The third-order valence-electron chi connectivity index (χ3n) is 6.12. The van der Waals surface area contributed by atoms with Crippen LogP contribution >= 0.6 is 0 Å². The van der Waals surface area contributed by atoms with E-state index in [1.807, 2.05) is 67.6 Å². The van der Waals surface area contributed by atoms with Gasteiger partial charge in [-0.25, -0.2) is 24.3 Å². The summed E-state index contributed by atoms with van der Waals surface area (Å²) in [5.41, 5.74) is 6.30. The fourth-order valence-electron chi connectivity index (χ4n) is 4.35. The molecule has 3 heterocycles. The predicted octanol–water partition coefficient (Wildman–Crippen LogP) is 4.15. The maximum Gasteiger partial charge on any atom is 0.322 e. The molecule has 0 atom stereocenters. The minimum Gasteiger partial charge on any atom is -0.250 e. The number of hydrogen-bond acceptors (Lipinski definition) is 4. The smallest absolute Gasteiger partial charge is 0.250 e. The highest BCUT2D eigenvalue weighted by Crippen LogP contribution is 2.23. The van der Waals surface area contributed by atoms with Crippen molar-refractivity contribution in [2.45, 2.75) is 19.9 Å². The van der Waals surface area contributed by atoms with Crippen LogP contribution in [0.15, 0.2) is 95.1 Å². The number of aromatic amines is 1. The number of nitrogens with one attached hydrogen (secondary N) is 1. The Morgan fingerprint density at radius 3 is 2.51 bits per heavy atom. The Hall–Kier alpha value is -4.65. The Morgan fingerprint density at radius 1 is 0.943 bits per heavy atom. The average molecular weight is 460 g/mol. The second-order valence-electron chi connectivity index (χ2n) is 8.59. The SMILES string of the molecule is Cc1cccc(/C=N/n2c3nc4ccccc4nc3c3c(=O)n(CCc4ccccc4)c[nH+]c32)c1. The second-order valence-corrected chi connectivity index (χ2v) is 8.59. The molecule has 1 N–H and O–H groups in total. The Kier molecular flexibility index (Phi) is 5.15. The third kappa shape index (κ3) is 3.87. The number of aryl methyl sites for hydroxylation is 3. The van der Waals surface area contributed by atoms with Crippen molar-refractivity contribution in [1.82, 2.24) is 19.2 Å². The molecule has 0 spiro atoms. The highest BCUT2D eigenvalue weighted by Gasteiger charge is 2.24. The van der Waals surface area contributed by atoms with Crippen molar-refractivity contribution in [3.05, 3.63) is 112 Å². The molecule has 0 amide bonds. The third-order valence-corrected chi connectivity index (χ3v) is 6.12. The molecule has 6 aromatic rings. The van der Waals surface area contributed by atoms with Gasteiger partial charge in [0.25, 0.3) is 5.65 Å². The van der Waals surface area contributed by atoms with E-state index in [-0.39, 0.29) is 5.56 Å². The van der Waals surface area contributed by atoms with Gasteiger partial charge in [-0.2, -0.15) is 0 Å². The molecule has 6 rings (SSSR count). The summed E-state index contributed by atoms with van der Waals surface area (Å²) in [6.07, 6.45) is 4.24. The zero-order valence-electron chi connectivity index (χ0n) is 19.2. The quantitative estimate of drug-likeness (QED) is 0.363.